The number of fused-ring (bicyclic) bond motifs is 1. The zero-order valence-corrected chi connectivity index (χ0v) is 11.2. The van der Waals surface area contributed by atoms with E-state index in [4.69, 9.17) is 0 Å². The van der Waals surface area contributed by atoms with E-state index >= 15 is 0 Å². The van der Waals surface area contributed by atoms with Crippen LogP contribution in [0.1, 0.15) is 38.2 Å². The number of carbonyl (C=O) groups excluding carboxylic acids is 1. The minimum absolute atomic E-state index is 0.00890. The molecule has 0 saturated carbocycles. The van der Waals surface area contributed by atoms with Gasteiger partial charge in [-0.1, -0.05) is 32.0 Å². The molecule has 0 spiro atoms. The van der Waals surface area contributed by atoms with Crippen molar-refractivity contribution in [3.05, 3.63) is 29.8 Å². The highest BCUT2D eigenvalue weighted by molar-refractivity contribution is 5.86. The Morgan fingerprint density at radius 2 is 2.22 bits per heavy atom. The molecule has 1 unspecified atom stereocenters. The molecule has 0 radical (unpaired) electrons. The molecule has 3 heteroatoms. The molecule has 0 bridgehead atoms. The zero-order chi connectivity index (χ0) is 13.0. The molecule has 2 N–H and O–H groups in total. The lowest BCUT2D eigenvalue weighted by Crippen LogP contribution is -2.33. The van der Waals surface area contributed by atoms with Crippen molar-refractivity contribution in [1.82, 2.24) is 5.32 Å². The van der Waals surface area contributed by atoms with E-state index in [1.165, 1.54) is 0 Å². The second kappa shape index (κ2) is 5.89. The van der Waals surface area contributed by atoms with Gasteiger partial charge in [-0.25, -0.2) is 0 Å². The summed E-state index contributed by atoms with van der Waals surface area (Å²) in [6.45, 7) is 6.00. The first-order valence-electron chi connectivity index (χ1n) is 6.79. The van der Waals surface area contributed by atoms with E-state index in [0.29, 0.717) is 5.92 Å². The van der Waals surface area contributed by atoms with Gasteiger partial charge in [-0.15, -0.1) is 0 Å². The van der Waals surface area contributed by atoms with Crippen LogP contribution in [0.15, 0.2) is 24.3 Å². The lowest BCUT2D eigenvalue weighted by Gasteiger charge is -2.26. The maximum Gasteiger partial charge on any atom is 0.227 e. The molecule has 1 amide bonds. The predicted molar refractivity (Wildman–Crippen MR) is 74.8 cm³/mol. The average molecular weight is 246 g/mol. The van der Waals surface area contributed by atoms with Gasteiger partial charge in [0.25, 0.3) is 0 Å². The number of anilines is 1. The van der Waals surface area contributed by atoms with Crippen molar-refractivity contribution < 1.29 is 4.79 Å². The summed E-state index contributed by atoms with van der Waals surface area (Å²) in [5, 5.41) is 6.40. The fraction of sp³-hybridized carbons (Fsp3) is 0.533. The Morgan fingerprint density at radius 3 is 3.00 bits per heavy atom. The van der Waals surface area contributed by atoms with Crippen LogP contribution in [0.4, 0.5) is 5.69 Å². The molecular formula is C15H22N2O. The fourth-order valence-corrected chi connectivity index (χ4v) is 2.35. The normalized spacial score (nSPS) is 18.1. The summed E-state index contributed by atoms with van der Waals surface area (Å²) >= 11 is 0. The third-order valence-corrected chi connectivity index (χ3v) is 3.42. The molecule has 2 rings (SSSR count). The second-order valence-electron chi connectivity index (χ2n) is 5.33. The molecule has 3 nitrogen and oxygen atoms in total. The van der Waals surface area contributed by atoms with Crippen LogP contribution in [0.2, 0.25) is 0 Å². The van der Waals surface area contributed by atoms with Crippen LogP contribution in [0.5, 0.6) is 0 Å². The van der Waals surface area contributed by atoms with E-state index in [0.717, 1.165) is 37.2 Å². The molecular weight excluding hydrogens is 224 g/mol. The van der Waals surface area contributed by atoms with Gasteiger partial charge < -0.3 is 10.6 Å². The van der Waals surface area contributed by atoms with Crippen LogP contribution in [0.25, 0.3) is 0 Å². The predicted octanol–water partition coefficient (Wildman–Crippen LogP) is 2.75. The third-order valence-electron chi connectivity index (χ3n) is 3.42. The molecule has 98 valence electrons. The highest BCUT2D eigenvalue weighted by atomic mass is 16.1. The van der Waals surface area contributed by atoms with Gasteiger partial charge in [0.15, 0.2) is 0 Å². The Morgan fingerprint density at radius 1 is 1.44 bits per heavy atom. The number of carbonyl (C=O) groups is 1. The lowest BCUT2D eigenvalue weighted by molar-refractivity contribution is -0.122. The number of benzene rings is 1. The molecule has 1 heterocycles. The van der Waals surface area contributed by atoms with Gasteiger partial charge in [0.1, 0.15) is 0 Å². The number of amides is 1. The summed E-state index contributed by atoms with van der Waals surface area (Å²) in [5.74, 6) is 0.810. The molecule has 1 aromatic rings. The Balaban J connectivity index is 1.99. The third kappa shape index (κ3) is 3.03. The SMILES string of the molecule is CC(C)CCNC(=O)C1CCNc2ccccc21. The molecule has 1 aliphatic heterocycles. The number of hydrogen-bond donors (Lipinski definition) is 2. The summed E-state index contributed by atoms with van der Waals surface area (Å²) < 4.78 is 0. The van der Waals surface area contributed by atoms with Gasteiger partial charge in [0, 0.05) is 18.8 Å². The standard InChI is InChI=1S/C15H22N2O/c1-11(2)7-9-17-15(18)13-8-10-16-14-6-4-3-5-12(13)14/h3-6,11,13,16H,7-10H2,1-2H3,(H,17,18). The van der Waals surface area contributed by atoms with Crippen molar-refractivity contribution in [2.45, 2.75) is 32.6 Å². The van der Waals surface area contributed by atoms with Gasteiger partial charge >= 0.3 is 0 Å². The van der Waals surface area contributed by atoms with E-state index < -0.39 is 0 Å². The van der Waals surface area contributed by atoms with Crippen molar-refractivity contribution in [3.63, 3.8) is 0 Å². The van der Waals surface area contributed by atoms with E-state index in [1.807, 2.05) is 24.3 Å². The Hall–Kier alpha value is -1.51. The van der Waals surface area contributed by atoms with Crippen molar-refractivity contribution in [2.24, 2.45) is 5.92 Å². The van der Waals surface area contributed by atoms with Crippen LogP contribution in [-0.4, -0.2) is 19.0 Å². The minimum atomic E-state index is 0.00890. The average Bonchev–Trinajstić information content (AvgIpc) is 2.37. The molecule has 1 aromatic carbocycles. The summed E-state index contributed by atoms with van der Waals surface area (Å²) in [7, 11) is 0. The number of rotatable bonds is 4. The molecule has 0 aromatic heterocycles. The molecule has 1 aliphatic rings. The van der Waals surface area contributed by atoms with Crippen LogP contribution < -0.4 is 10.6 Å². The molecule has 0 saturated heterocycles. The van der Waals surface area contributed by atoms with Gasteiger partial charge in [-0.05, 0) is 30.4 Å². The first-order chi connectivity index (χ1) is 8.68. The highest BCUT2D eigenvalue weighted by Gasteiger charge is 2.25. The van der Waals surface area contributed by atoms with Crippen molar-refractivity contribution in [2.75, 3.05) is 18.4 Å². The second-order valence-corrected chi connectivity index (χ2v) is 5.33. The van der Waals surface area contributed by atoms with Crippen molar-refractivity contribution in [1.29, 1.82) is 0 Å². The van der Waals surface area contributed by atoms with Gasteiger partial charge in [0.2, 0.25) is 5.91 Å². The largest absolute Gasteiger partial charge is 0.385 e. The summed E-state index contributed by atoms with van der Waals surface area (Å²) in [5.41, 5.74) is 2.23. The summed E-state index contributed by atoms with van der Waals surface area (Å²) in [6, 6.07) is 8.10. The Bertz CT molecular complexity index is 415. The fourth-order valence-electron chi connectivity index (χ4n) is 2.35. The van der Waals surface area contributed by atoms with E-state index in [1.54, 1.807) is 0 Å². The maximum absolute atomic E-state index is 12.2. The zero-order valence-electron chi connectivity index (χ0n) is 11.2. The summed E-state index contributed by atoms with van der Waals surface area (Å²) in [4.78, 5) is 12.2. The minimum Gasteiger partial charge on any atom is -0.385 e. The summed E-state index contributed by atoms with van der Waals surface area (Å²) in [6.07, 6.45) is 1.92. The molecule has 18 heavy (non-hydrogen) atoms. The molecule has 0 fully saturated rings. The number of para-hydroxylation sites is 1. The Labute approximate surface area is 109 Å². The topological polar surface area (TPSA) is 41.1 Å². The Kier molecular flexibility index (Phi) is 4.24. The quantitative estimate of drug-likeness (QED) is 0.857. The van der Waals surface area contributed by atoms with Gasteiger partial charge in [-0.3, -0.25) is 4.79 Å². The van der Waals surface area contributed by atoms with Gasteiger partial charge in [0.05, 0.1) is 5.92 Å². The first-order valence-corrected chi connectivity index (χ1v) is 6.79. The van der Waals surface area contributed by atoms with E-state index in [-0.39, 0.29) is 11.8 Å². The van der Waals surface area contributed by atoms with Crippen LogP contribution >= 0.6 is 0 Å². The van der Waals surface area contributed by atoms with Gasteiger partial charge in [-0.2, -0.15) is 0 Å². The van der Waals surface area contributed by atoms with Crippen LogP contribution in [0, 0.1) is 5.92 Å². The first kappa shape index (κ1) is 12.9. The smallest absolute Gasteiger partial charge is 0.227 e. The monoisotopic (exact) mass is 246 g/mol. The van der Waals surface area contributed by atoms with Crippen molar-refractivity contribution >= 4 is 11.6 Å². The lowest BCUT2D eigenvalue weighted by atomic mass is 9.90. The van der Waals surface area contributed by atoms with E-state index in [9.17, 15) is 4.79 Å². The van der Waals surface area contributed by atoms with Crippen LogP contribution in [-0.2, 0) is 4.79 Å². The highest BCUT2D eigenvalue weighted by Crippen LogP contribution is 2.31. The van der Waals surface area contributed by atoms with Crippen molar-refractivity contribution in [3.8, 4) is 0 Å². The maximum atomic E-state index is 12.2. The number of nitrogens with one attached hydrogen (secondary N) is 2. The number of hydrogen-bond acceptors (Lipinski definition) is 2. The molecule has 1 atom stereocenters. The molecule has 0 aliphatic carbocycles. The van der Waals surface area contributed by atoms with E-state index in [2.05, 4.69) is 24.5 Å². The van der Waals surface area contributed by atoms with Crippen LogP contribution in [0.3, 0.4) is 0 Å².